The summed E-state index contributed by atoms with van der Waals surface area (Å²) in [6.45, 7) is 0.996. The third-order valence-corrected chi connectivity index (χ3v) is 5.35. The first-order valence-electron chi connectivity index (χ1n) is 8.25. The summed E-state index contributed by atoms with van der Waals surface area (Å²) in [6.07, 6.45) is 0.734. The van der Waals surface area contributed by atoms with Gasteiger partial charge in [-0.15, -0.1) is 0 Å². The highest BCUT2D eigenvalue weighted by atomic mass is 32.2. The normalized spacial score (nSPS) is 13.6. The topological polar surface area (TPSA) is 94.2 Å². The van der Waals surface area contributed by atoms with E-state index in [0.29, 0.717) is 36.0 Å². The highest BCUT2D eigenvalue weighted by Crippen LogP contribution is 2.32. The van der Waals surface area contributed by atoms with E-state index in [9.17, 15) is 13.2 Å². The number of hydroxylamine groups is 2. The van der Waals surface area contributed by atoms with Gasteiger partial charge in [-0.3, -0.25) is 14.4 Å². The summed E-state index contributed by atoms with van der Waals surface area (Å²) < 4.78 is 38.8. The van der Waals surface area contributed by atoms with E-state index in [4.69, 9.17) is 14.3 Å². The minimum Gasteiger partial charge on any atom is -0.490 e. The van der Waals surface area contributed by atoms with Crippen molar-refractivity contribution in [2.24, 2.45) is 0 Å². The zero-order valence-electron chi connectivity index (χ0n) is 15.0. The number of carbonyl (C=O) groups is 1. The Balaban J connectivity index is 1.78. The molecule has 0 saturated carbocycles. The molecule has 0 spiro atoms. The van der Waals surface area contributed by atoms with Crippen LogP contribution < -0.4 is 14.2 Å². The summed E-state index contributed by atoms with van der Waals surface area (Å²) in [5, 5.41) is 1.08. The number of hydrogen-bond acceptors (Lipinski definition) is 6. The van der Waals surface area contributed by atoms with Gasteiger partial charge in [-0.05, 0) is 36.4 Å². The van der Waals surface area contributed by atoms with Gasteiger partial charge in [-0.1, -0.05) is 0 Å². The average molecular weight is 392 g/mol. The number of amides is 1. The number of carbonyl (C=O) groups excluding carboxylic acids is 1. The van der Waals surface area contributed by atoms with E-state index in [-0.39, 0.29) is 10.8 Å². The van der Waals surface area contributed by atoms with Gasteiger partial charge in [0.1, 0.15) is 0 Å². The van der Waals surface area contributed by atoms with Crippen LogP contribution in [0.25, 0.3) is 0 Å². The van der Waals surface area contributed by atoms with Gasteiger partial charge < -0.3 is 9.47 Å². The van der Waals surface area contributed by atoms with Crippen LogP contribution in [0.2, 0.25) is 0 Å². The number of benzene rings is 2. The quantitative estimate of drug-likeness (QED) is 0.785. The van der Waals surface area contributed by atoms with Gasteiger partial charge in [0.2, 0.25) is 0 Å². The smallest absolute Gasteiger partial charge is 0.277 e. The molecule has 3 rings (SSSR count). The highest BCUT2D eigenvalue weighted by Gasteiger charge is 2.19. The zero-order valence-corrected chi connectivity index (χ0v) is 15.8. The van der Waals surface area contributed by atoms with E-state index in [2.05, 4.69) is 4.72 Å². The van der Waals surface area contributed by atoms with Crippen molar-refractivity contribution in [2.75, 3.05) is 32.1 Å². The molecule has 2 aromatic rings. The lowest BCUT2D eigenvalue weighted by atomic mass is 10.2. The number of nitrogens with one attached hydrogen (secondary N) is 1. The van der Waals surface area contributed by atoms with Crippen LogP contribution in [0, 0.1) is 0 Å². The third-order valence-electron chi connectivity index (χ3n) is 3.97. The summed E-state index contributed by atoms with van der Waals surface area (Å²) >= 11 is 0. The summed E-state index contributed by atoms with van der Waals surface area (Å²) in [7, 11) is -0.945. The van der Waals surface area contributed by atoms with Crippen LogP contribution in [0.5, 0.6) is 11.5 Å². The molecule has 1 heterocycles. The SMILES string of the molecule is CON(C)C(=O)c1ccc(NS(=O)(=O)c2ccc3c(c2)OCCCO3)cc1. The van der Waals surface area contributed by atoms with E-state index in [0.717, 1.165) is 11.5 Å². The van der Waals surface area contributed by atoms with Crippen molar-refractivity contribution >= 4 is 21.6 Å². The number of hydrogen-bond donors (Lipinski definition) is 1. The number of sulfonamides is 1. The molecule has 1 amide bonds. The second-order valence-electron chi connectivity index (χ2n) is 5.83. The van der Waals surface area contributed by atoms with Crippen molar-refractivity contribution < 1.29 is 27.5 Å². The predicted molar refractivity (Wildman–Crippen MR) is 98.4 cm³/mol. The van der Waals surface area contributed by atoms with E-state index >= 15 is 0 Å². The Bertz CT molecular complexity index is 927. The number of anilines is 1. The van der Waals surface area contributed by atoms with E-state index in [1.807, 2.05) is 0 Å². The molecule has 0 saturated heterocycles. The van der Waals surface area contributed by atoms with Crippen molar-refractivity contribution in [1.82, 2.24) is 5.06 Å². The molecule has 0 bridgehead atoms. The van der Waals surface area contributed by atoms with Gasteiger partial charge in [0.15, 0.2) is 11.5 Å². The molecule has 0 aromatic heterocycles. The number of rotatable bonds is 5. The van der Waals surface area contributed by atoms with Crippen LogP contribution in [0.15, 0.2) is 47.4 Å². The predicted octanol–water partition coefficient (Wildman–Crippen LogP) is 2.28. The lowest BCUT2D eigenvalue weighted by molar-refractivity contribution is -0.0756. The van der Waals surface area contributed by atoms with E-state index in [1.54, 1.807) is 6.07 Å². The minimum atomic E-state index is -3.82. The molecule has 0 fully saturated rings. The second-order valence-corrected chi connectivity index (χ2v) is 7.51. The Morgan fingerprint density at radius 2 is 1.74 bits per heavy atom. The van der Waals surface area contributed by atoms with Crippen molar-refractivity contribution in [3.05, 3.63) is 48.0 Å². The lowest BCUT2D eigenvalue weighted by Crippen LogP contribution is -2.25. The first-order chi connectivity index (χ1) is 12.9. The fourth-order valence-corrected chi connectivity index (χ4v) is 3.54. The average Bonchev–Trinajstić information content (AvgIpc) is 2.92. The largest absolute Gasteiger partial charge is 0.490 e. The number of ether oxygens (including phenoxy) is 2. The molecule has 1 aliphatic heterocycles. The first kappa shape index (κ1) is 19.0. The van der Waals surface area contributed by atoms with Gasteiger partial charge in [0.05, 0.1) is 25.2 Å². The Kier molecular flexibility index (Phi) is 5.52. The maximum atomic E-state index is 12.6. The summed E-state index contributed by atoms with van der Waals surface area (Å²) in [4.78, 5) is 16.9. The molecule has 0 unspecified atom stereocenters. The molecule has 0 atom stereocenters. The van der Waals surface area contributed by atoms with Gasteiger partial charge in [0, 0.05) is 30.8 Å². The monoisotopic (exact) mass is 392 g/mol. The molecular weight excluding hydrogens is 372 g/mol. The molecule has 0 aliphatic carbocycles. The highest BCUT2D eigenvalue weighted by molar-refractivity contribution is 7.92. The summed E-state index contributed by atoms with van der Waals surface area (Å²) in [5.74, 6) is 0.588. The molecule has 2 aromatic carbocycles. The van der Waals surface area contributed by atoms with Crippen LogP contribution >= 0.6 is 0 Å². The van der Waals surface area contributed by atoms with Crippen molar-refractivity contribution in [3.63, 3.8) is 0 Å². The van der Waals surface area contributed by atoms with E-state index in [1.165, 1.54) is 50.6 Å². The van der Waals surface area contributed by atoms with Gasteiger partial charge >= 0.3 is 0 Å². The van der Waals surface area contributed by atoms with Crippen molar-refractivity contribution in [1.29, 1.82) is 0 Å². The van der Waals surface area contributed by atoms with Crippen LogP contribution in [0.3, 0.4) is 0 Å². The van der Waals surface area contributed by atoms with Crippen LogP contribution in [0.1, 0.15) is 16.8 Å². The van der Waals surface area contributed by atoms with E-state index < -0.39 is 10.0 Å². The number of fused-ring (bicyclic) bond motifs is 1. The van der Waals surface area contributed by atoms with Gasteiger partial charge in [-0.25, -0.2) is 13.5 Å². The lowest BCUT2D eigenvalue weighted by Gasteiger charge is -2.14. The number of nitrogens with zero attached hydrogens (tertiary/aromatic N) is 1. The Labute approximate surface area is 157 Å². The standard InChI is InChI=1S/C18H20N2O6S/c1-20(24-2)18(21)13-4-6-14(7-5-13)19-27(22,23)15-8-9-16-17(12-15)26-11-3-10-25-16/h4-9,12,19H,3,10-11H2,1-2H3. The minimum absolute atomic E-state index is 0.0611. The third kappa shape index (κ3) is 4.32. The van der Waals surface area contributed by atoms with Crippen LogP contribution in [0.4, 0.5) is 5.69 Å². The fourth-order valence-electron chi connectivity index (χ4n) is 2.47. The Hall–Kier alpha value is -2.78. The molecule has 9 heteroatoms. The van der Waals surface area contributed by atoms with Crippen molar-refractivity contribution in [3.8, 4) is 11.5 Å². The molecule has 27 heavy (non-hydrogen) atoms. The Morgan fingerprint density at radius 3 is 2.41 bits per heavy atom. The molecule has 1 N–H and O–H groups in total. The second kappa shape index (κ2) is 7.85. The summed E-state index contributed by atoms with van der Waals surface area (Å²) in [6, 6.07) is 10.5. The molecular formula is C18H20N2O6S. The zero-order chi connectivity index (χ0) is 19.4. The van der Waals surface area contributed by atoms with Gasteiger partial charge in [-0.2, -0.15) is 0 Å². The van der Waals surface area contributed by atoms with Gasteiger partial charge in [0.25, 0.3) is 15.9 Å². The van der Waals surface area contributed by atoms with Crippen LogP contribution in [-0.4, -0.2) is 46.8 Å². The Morgan fingerprint density at radius 1 is 1.07 bits per heavy atom. The summed E-state index contributed by atoms with van der Waals surface area (Å²) in [5.41, 5.74) is 0.705. The molecule has 8 nitrogen and oxygen atoms in total. The van der Waals surface area contributed by atoms with Crippen molar-refractivity contribution in [2.45, 2.75) is 11.3 Å². The first-order valence-corrected chi connectivity index (χ1v) is 9.74. The maximum absolute atomic E-state index is 12.6. The maximum Gasteiger partial charge on any atom is 0.277 e. The van der Waals surface area contributed by atoms with Crippen LogP contribution in [-0.2, 0) is 14.9 Å². The molecule has 144 valence electrons. The fraction of sp³-hybridized carbons (Fsp3) is 0.278. The molecule has 1 aliphatic rings. The molecule has 0 radical (unpaired) electrons.